The minimum absolute atomic E-state index is 0.193. The third-order valence-electron chi connectivity index (χ3n) is 5.58. The Morgan fingerprint density at radius 2 is 0.944 bits per heavy atom. The molecule has 8 heteroatoms. The molecular formula is C28H42O6S2. The molecule has 0 amide bonds. The number of hydrogen-bond donors (Lipinski definition) is 2. The monoisotopic (exact) mass is 538 g/mol. The van der Waals surface area contributed by atoms with E-state index in [1.165, 1.54) is 0 Å². The Balaban J connectivity index is 2.01. The zero-order valence-electron chi connectivity index (χ0n) is 22.5. The van der Waals surface area contributed by atoms with Gasteiger partial charge in [0.05, 0.1) is 26.4 Å². The molecule has 202 valence electrons. The molecule has 6 nitrogen and oxygen atoms in total. The summed E-state index contributed by atoms with van der Waals surface area (Å²) in [5.74, 6) is 3.41. The number of aryl methyl sites for hydroxylation is 4. The number of thioether (sulfide) groups is 2. The molecule has 0 radical (unpaired) electrons. The number of aliphatic hydroxyl groups is 2. The number of rotatable bonds is 17. The Kier molecular flexibility index (Phi) is 14.1. The molecule has 0 aliphatic carbocycles. The van der Waals surface area contributed by atoms with E-state index in [0.29, 0.717) is 13.2 Å². The molecule has 0 bridgehead atoms. The van der Waals surface area contributed by atoms with Crippen LogP contribution < -0.4 is 9.47 Å². The fourth-order valence-corrected chi connectivity index (χ4v) is 4.44. The van der Waals surface area contributed by atoms with Crippen LogP contribution in [0.1, 0.15) is 22.3 Å². The van der Waals surface area contributed by atoms with Crippen molar-refractivity contribution in [1.29, 1.82) is 0 Å². The highest BCUT2D eigenvalue weighted by atomic mass is 32.2. The SMILES string of the molecule is CSCCOCC(O)COc1c(C)cc(-c2cc(C)c(OCC(O)COCCSC)c(C)c2)cc1C. The summed E-state index contributed by atoms with van der Waals surface area (Å²) in [4.78, 5) is 0. The molecule has 0 spiro atoms. The third-order valence-corrected chi connectivity index (χ3v) is 6.73. The second-order valence-corrected chi connectivity index (χ2v) is 10.9. The van der Waals surface area contributed by atoms with Crippen LogP contribution in [0.25, 0.3) is 11.1 Å². The van der Waals surface area contributed by atoms with Gasteiger partial charge in [0, 0.05) is 11.5 Å². The number of benzene rings is 2. The second-order valence-electron chi connectivity index (χ2n) is 8.94. The Morgan fingerprint density at radius 3 is 1.25 bits per heavy atom. The molecule has 0 saturated carbocycles. The van der Waals surface area contributed by atoms with Crippen LogP contribution in [0.4, 0.5) is 0 Å². The lowest BCUT2D eigenvalue weighted by Gasteiger charge is -2.19. The van der Waals surface area contributed by atoms with Gasteiger partial charge in [-0.25, -0.2) is 0 Å². The lowest BCUT2D eigenvalue weighted by molar-refractivity contribution is 0.0170. The van der Waals surface area contributed by atoms with E-state index in [2.05, 4.69) is 24.3 Å². The Labute approximate surface area is 225 Å². The molecule has 2 N–H and O–H groups in total. The van der Waals surface area contributed by atoms with Gasteiger partial charge < -0.3 is 29.2 Å². The highest BCUT2D eigenvalue weighted by Crippen LogP contribution is 2.34. The maximum Gasteiger partial charge on any atom is 0.125 e. The van der Waals surface area contributed by atoms with E-state index in [0.717, 1.165) is 56.4 Å². The average molecular weight is 539 g/mol. The first-order valence-electron chi connectivity index (χ1n) is 12.2. The highest BCUT2D eigenvalue weighted by Gasteiger charge is 2.14. The van der Waals surface area contributed by atoms with Gasteiger partial charge in [-0.1, -0.05) is 0 Å². The molecule has 0 fully saturated rings. The van der Waals surface area contributed by atoms with Gasteiger partial charge in [0.1, 0.15) is 36.9 Å². The maximum absolute atomic E-state index is 10.2. The second kappa shape index (κ2) is 16.4. The van der Waals surface area contributed by atoms with E-state index < -0.39 is 12.2 Å². The molecule has 2 unspecified atom stereocenters. The summed E-state index contributed by atoms with van der Waals surface area (Å²) in [6, 6.07) is 8.42. The number of aliphatic hydroxyl groups excluding tert-OH is 2. The van der Waals surface area contributed by atoms with Crippen LogP contribution in [0.5, 0.6) is 11.5 Å². The van der Waals surface area contributed by atoms with Crippen LogP contribution in [0.3, 0.4) is 0 Å². The molecule has 0 saturated heterocycles. The summed E-state index contributed by atoms with van der Waals surface area (Å²) in [6.07, 6.45) is 2.73. The van der Waals surface area contributed by atoms with Crippen molar-refractivity contribution in [2.75, 3.05) is 63.7 Å². The molecule has 0 aliphatic heterocycles. The van der Waals surface area contributed by atoms with Gasteiger partial charge in [0.15, 0.2) is 0 Å². The summed E-state index contributed by atoms with van der Waals surface area (Å²) in [5, 5.41) is 20.3. The molecule has 2 aromatic carbocycles. The van der Waals surface area contributed by atoms with Gasteiger partial charge in [-0.05, 0) is 97.9 Å². The lowest BCUT2D eigenvalue weighted by Crippen LogP contribution is -2.24. The standard InChI is InChI=1S/C28H42O6S2/c1-19-11-23(12-20(2)27(19)33-17-25(29)15-31-7-9-35-5)24-13-21(3)28(22(4)14-24)34-18-26(30)16-32-8-10-36-6/h11-14,25-26,29-30H,7-10,15-18H2,1-6H3. The molecule has 0 aromatic heterocycles. The van der Waals surface area contributed by atoms with Gasteiger partial charge in [0.25, 0.3) is 0 Å². The molecule has 0 aliphatic rings. The number of ether oxygens (including phenoxy) is 4. The minimum atomic E-state index is -0.663. The van der Waals surface area contributed by atoms with E-state index in [1.807, 2.05) is 40.2 Å². The van der Waals surface area contributed by atoms with Crippen molar-refractivity contribution in [2.24, 2.45) is 0 Å². The third kappa shape index (κ3) is 10.1. The summed E-state index contributed by atoms with van der Waals surface area (Å²) in [5.41, 5.74) is 6.25. The molecule has 0 heterocycles. The van der Waals surface area contributed by atoms with Gasteiger partial charge in [-0.3, -0.25) is 0 Å². The van der Waals surface area contributed by atoms with E-state index >= 15 is 0 Å². The number of hydrogen-bond acceptors (Lipinski definition) is 8. The van der Waals surface area contributed by atoms with Crippen molar-refractivity contribution < 1.29 is 29.2 Å². The largest absolute Gasteiger partial charge is 0.490 e. The molecule has 2 aromatic rings. The normalized spacial score (nSPS) is 13.0. The van der Waals surface area contributed by atoms with Crippen LogP contribution in [0.2, 0.25) is 0 Å². The first-order chi connectivity index (χ1) is 17.3. The fraction of sp³-hybridized carbons (Fsp3) is 0.571. The van der Waals surface area contributed by atoms with E-state index in [-0.39, 0.29) is 26.4 Å². The highest BCUT2D eigenvalue weighted by molar-refractivity contribution is 7.98. The van der Waals surface area contributed by atoms with Gasteiger partial charge in [-0.2, -0.15) is 23.5 Å². The zero-order valence-corrected chi connectivity index (χ0v) is 24.1. The van der Waals surface area contributed by atoms with Crippen LogP contribution in [0.15, 0.2) is 24.3 Å². The van der Waals surface area contributed by atoms with E-state index in [1.54, 1.807) is 23.5 Å². The summed E-state index contributed by atoms with van der Waals surface area (Å²) in [7, 11) is 0. The summed E-state index contributed by atoms with van der Waals surface area (Å²) >= 11 is 3.43. The van der Waals surface area contributed by atoms with Crippen molar-refractivity contribution in [3.63, 3.8) is 0 Å². The summed E-state index contributed by atoms with van der Waals surface area (Å²) in [6.45, 7) is 10.3. The quantitative estimate of drug-likeness (QED) is 0.278. The zero-order chi connectivity index (χ0) is 26.5. The van der Waals surface area contributed by atoms with Gasteiger partial charge >= 0.3 is 0 Å². The van der Waals surface area contributed by atoms with Crippen LogP contribution >= 0.6 is 23.5 Å². The Morgan fingerprint density at radius 1 is 0.611 bits per heavy atom. The topological polar surface area (TPSA) is 77.4 Å². The van der Waals surface area contributed by atoms with Crippen molar-refractivity contribution in [3.8, 4) is 22.6 Å². The fourth-order valence-electron chi connectivity index (χ4n) is 3.87. The smallest absolute Gasteiger partial charge is 0.125 e. The van der Waals surface area contributed by atoms with Gasteiger partial charge in [-0.15, -0.1) is 0 Å². The lowest BCUT2D eigenvalue weighted by atomic mass is 9.96. The Hall–Kier alpha value is -1.42. The average Bonchev–Trinajstić information content (AvgIpc) is 2.83. The molecule has 2 atom stereocenters. The summed E-state index contributed by atoms with van der Waals surface area (Å²) < 4.78 is 22.8. The molecule has 36 heavy (non-hydrogen) atoms. The van der Waals surface area contributed by atoms with Crippen LogP contribution in [-0.4, -0.2) is 86.1 Å². The van der Waals surface area contributed by atoms with Gasteiger partial charge in [0.2, 0.25) is 0 Å². The Bertz CT molecular complexity index is 815. The van der Waals surface area contributed by atoms with E-state index in [9.17, 15) is 10.2 Å². The first-order valence-corrected chi connectivity index (χ1v) is 15.0. The molecular weight excluding hydrogens is 496 g/mol. The van der Waals surface area contributed by atoms with E-state index in [4.69, 9.17) is 18.9 Å². The van der Waals surface area contributed by atoms with Crippen LogP contribution in [0, 0.1) is 27.7 Å². The predicted molar refractivity (Wildman–Crippen MR) is 152 cm³/mol. The first kappa shape index (κ1) is 30.8. The maximum atomic E-state index is 10.2. The van der Waals surface area contributed by atoms with Crippen molar-refractivity contribution in [3.05, 3.63) is 46.5 Å². The van der Waals surface area contributed by atoms with Crippen molar-refractivity contribution in [1.82, 2.24) is 0 Å². The van der Waals surface area contributed by atoms with Crippen LogP contribution in [-0.2, 0) is 9.47 Å². The van der Waals surface area contributed by atoms with Crippen molar-refractivity contribution in [2.45, 2.75) is 39.9 Å². The minimum Gasteiger partial charge on any atom is -0.490 e. The van der Waals surface area contributed by atoms with Crippen molar-refractivity contribution >= 4 is 23.5 Å². The molecule has 2 rings (SSSR count). The predicted octanol–water partition coefficient (Wildman–Crippen LogP) is 4.83.